The Balaban J connectivity index is 5.45. The lowest BCUT2D eigenvalue weighted by molar-refractivity contribution is 0.222. The zero-order valence-corrected chi connectivity index (χ0v) is 13.9. The smallest absolute Gasteiger partial charge is 0.308 e. The van der Waals surface area contributed by atoms with E-state index in [-0.39, 0.29) is 0 Å². The molecule has 0 radical (unpaired) electrons. The average Bonchev–Trinajstić information content (AvgIpc) is 2.16. The van der Waals surface area contributed by atoms with Crippen molar-refractivity contribution in [1.82, 2.24) is 0 Å². The van der Waals surface area contributed by atoms with Crippen molar-refractivity contribution in [1.29, 1.82) is 0 Å². The first kappa shape index (κ1) is 14.8. The maximum Gasteiger partial charge on any atom is 0.340 e. The molecule has 0 saturated carbocycles. The quantitative estimate of drug-likeness (QED) is 0.494. The van der Waals surface area contributed by atoms with Crippen molar-refractivity contribution >= 4 is 27.4 Å². The van der Waals surface area contributed by atoms with Crippen LogP contribution in [0.4, 0.5) is 0 Å². The summed E-state index contributed by atoms with van der Waals surface area (Å²) in [6, 6.07) is 0. The van der Waals surface area contributed by atoms with Crippen molar-refractivity contribution in [3.8, 4) is 0 Å². The third-order valence-electron chi connectivity index (χ3n) is 1.77. The molecular weight excluding hydrogens is 259 g/mol. The van der Waals surface area contributed by atoms with Crippen LogP contribution >= 0.6 is 19.4 Å². The fraction of sp³-hybridized carbons (Fsp3) is 1.00. The molecule has 0 aliphatic heterocycles. The molecule has 16 heavy (non-hydrogen) atoms. The predicted octanol–water partition coefficient (Wildman–Crippen LogP) is 4.21. The van der Waals surface area contributed by atoms with Gasteiger partial charge in [0, 0.05) is 0 Å². The maximum absolute atomic E-state index is 12.9. The highest BCUT2D eigenvalue weighted by Gasteiger charge is 2.44. The van der Waals surface area contributed by atoms with E-state index in [0.717, 1.165) is 5.75 Å². The van der Waals surface area contributed by atoms with E-state index < -0.39 is 20.3 Å². The summed E-state index contributed by atoms with van der Waals surface area (Å²) in [6.45, 7) is 12.3. The molecule has 0 amide bonds. The molecule has 0 bridgehead atoms. The molecule has 0 aliphatic rings. The van der Waals surface area contributed by atoms with Gasteiger partial charge in [-0.15, -0.1) is 11.8 Å². The van der Waals surface area contributed by atoms with E-state index in [4.69, 9.17) is 10.4 Å². The summed E-state index contributed by atoms with van der Waals surface area (Å²) >= 11 is 1.39. The highest BCUT2D eigenvalue weighted by atomic mass is 32.2. The van der Waals surface area contributed by atoms with E-state index in [2.05, 4.69) is 0 Å². The Morgan fingerprint density at radius 3 is 1.94 bits per heavy atom. The first-order chi connectivity index (χ1) is 7.68. The van der Waals surface area contributed by atoms with Crippen LogP contribution in [0.5, 0.6) is 0 Å². The first-order valence-corrected chi connectivity index (χ1v) is 11.7. The van der Waals surface area contributed by atoms with Crippen LogP contribution in [0.15, 0.2) is 0 Å². The minimum atomic E-state index is -3.39. The van der Waals surface area contributed by atoms with Crippen LogP contribution in [0, 0.1) is 0 Å². The monoisotopic (exact) mass is 285 g/mol. The van der Waals surface area contributed by atoms with Crippen molar-refractivity contribution < 1.29 is 15.0 Å². The topological polar surface area (TPSA) is 35.5 Å². The summed E-state index contributed by atoms with van der Waals surface area (Å²) in [5.74, 6) is 0.734. The molecule has 0 heterocycles. The molecule has 1 unspecified atom stereocenters. The lowest BCUT2D eigenvalue weighted by Crippen LogP contribution is -2.37. The summed E-state index contributed by atoms with van der Waals surface area (Å²) in [5.41, 5.74) is 0. The third-order valence-corrected chi connectivity index (χ3v) is 11.5. The Morgan fingerprint density at radius 1 is 1.25 bits per heavy atom. The van der Waals surface area contributed by atoms with E-state index in [9.17, 15) is 4.57 Å². The van der Waals surface area contributed by atoms with Gasteiger partial charge in [0.05, 0.1) is 27.2 Å². The normalized spacial score (nSPS) is 18.0. The molecule has 6 heteroatoms. The molecule has 0 spiro atoms. The highest BCUT2D eigenvalue weighted by Crippen LogP contribution is 2.59. The zero-order chi connectivity index (χ0) is 13.7. The fourth-order valence-corrected chi connectivity index (χ4v) is 9.77. The molecule has 0 fully saturated rings. The van der Waals surface area contributed by atoms with Gasteiger partial charge in [-0.1, -0.05) is 26.6 Å². The van der Waals surface area contributed by atoms with Gasteiger partial charge >= 0.3 is 7.60 Å². The molecule has 98 valence electrons. The van der Waals surface area contributed by atoms with Gasteiger partial charge in [-0.25, -0.2) is 0 Å². The standard InChI is InChI=1S/C10H25O3PSSi/c1-7-12-14(11,13-8-2)10(15-9-3)16(4,5)6/h10H,7-9H2,1-6H3/i10D. The predicted molar refractivity (Wildman–Crippen MR) is 76.1 cm³/mol. The molecule has 3 nitrogen and oxygen atoms in total. The number of hydrogen-bond donors (Lipinski definition) is 0. The van der Waals surface area contributed by atoms with Gasteiger partial charge < -0.3 is 9.05 Å². The molecule has 0 aromatic heterocycles. The zero-order valence-electron chi connectivity index (χ0n) is 12.2. The molecule has 0 aromatic rings. The van der Waals surface area contributed by atoms with Gasteiger partial charge in [0.15, 0.2) is 0 Å². The Kier molecular flexibility index (Phi) is 6.67. The maximum atomic E-state index is 12.9. The Hall–Kier alpha value is 0.717. The summed E-state index contributed by atoms with van der Waals surface area (Å²) in [7, 11) is -5.41. The average molecular weight is 285 g/mol. The van der Waals surface area contributed by atoms with Crippen molar-refractivity contribution in [3.05, 3.63) is 0 Å². The van der Waals surface area contributed by atoms with E-state index in [1.54, 1.807) is 13.8 Å². The molecule has 1 atom stereocenters. The second-order valence-electron chi connectivity index (χ2n) is 4.32. The molecule has 0 rings (SSSR count). The number of rotatable bonds is 8. The van der Waals surface area contributed by atoms with Crippen LogP contribution in [0.2, 0.25) is 19.6 Å². The molecular formula is C10H25O3PSSi. The van der Waals surface area contributed by atoms with Gasteiger partial charge in [0.2, 0.25) is 0 Å². The summed E-state index contributed by atoms with van der Waals surface area (Å²) in [5, 5.41) is 0. The third kappa shape index (κ3) is 4.92. The minimum absolute atomic E-state index is 0.312. The summed E-state index contributed by atoms with van der Waals surface area (Å²) in [4.78, 5) is 0. The van der Waals surface area contributed by atoms with Gasteiger partial charge in [-0.2, -0.15) is 0 Å². The van der Waals surface area contributed by atoms with Gasteiger partial charge in [0.1, 0.15) is 0 Å². The summed E-state index contributed by atoms with van der Waals surface area (Å²) in [6.07, 6.45) is 0. The highest BCUT2D eigenvalue weighted by molar-refractivity contribution is 8.07. The van der Waals surface area contributed by atoms with Crippen LogP contribution in [0.1, 0.15) is 22.1 Å². The van der Waals surface area contributed by atoms with E-state index >= 15 is 0 Å². The van der Waals surface area contributed by atoms with Crippen LogP contribution in [0.25, 0.3) is 0 Å². The van der Waals surface area contributed by atoms with Crippen molar-refractivity contribution in [3.63, 3.8) is 0 Å². The van der Waals surface area contributed by atoms with E-state index in [1.165, 1.54) is 11.8 Å². The Morgan fingerprint density at radius 2 is 1.69 bits per heavy atom. The minimum Gasteiger partial charge on any atom is -0.308 e. The molecule has 0 N–H and O–H groups in total. The van der Waals surface area contributed by atoms with Crippen molar-refractivity contribution in [2.45, 2.75) is 45.0 Å². The second kappa shape index (κ2) is 7.22. The first-order valence-electron chi connectivity index (χ1n) is 6.21. The van der Waals surface area contributed by atoms with Crippen molar-refractivity contribution in [2.75, 3.05) is 19.0 Å². The lowest BCUT2D eigenvalue weighted by atomic mass is 10.9. The van der Waals surface area contributed by atoms with E-state index in [0.29, 0.717) is 13.2 Å². The molecule has 0 saturated heterocycles. The van der Waals surface area contributed by atoms with Crippen molar-refractivity contribution in [2.24, 2.45) is 0 Å². The number of thioether (sulfide) groups is 1. The summed E-state index contributed by atoms with van der Waals surface area (Å²) < 4.78 is 31.1. The molecule has 0 aliphatic carbocycles. The van der Waals surface area contributed by atoms with Crippen LogP contribution in [-0.2, 0) is 13.6 Å². The van der Waals surface area contributed by atoms with Crippen LogP contribution < -0.4 is 0 Å². The SMILES string of the molecule is [2H]C(SCC)([Si](C)(C)C)P(=O)(OCC)OCC. The van der Waals surface area contributed by atoms with Crippen LogP contribution in [0.3, 0.4) is 0 Å². The van der Waals surface area contributed by atoms with E-state index in [1.807, 2.05) is 26.6 Å². The lowest BCUT2D eigenvalue weighted by Gasteiger charge is -2.33. The number of hydrogen-bond acceptors (Lipinski definition) is 4. The molecule has 0 aromatic carbocycles. The Bertz CT molecular complexity index is 275. The Labute approximate surface area is 107 Å². The largest absolute Gasteiger partial charge is 0.340 e. The second-order valence-corrected chi connectivity index (χ2v) is 13.6. The van der Waals surface area contributed by atoms with Gasteiger partial charge in [0.25, 0.3) is 0 Å². The van der Waals surface area contributed by atoms with Gasteiger partial charge in [-0.05, 0) is 19.6 Å². The fourth-order valence-electron chi connectivity index (χ4n) is 1.34. The van der Waals surface area contributed by atoms with Crippen LogP contribution in [-0.4, -0.2) is 31.6 Å². The van der Waals surface area contributed by atoms with Gasteiger partial charge in [-0.3, -0.25) is 4.57 Å².